The van der Waals surface area contributed by atoms with Crippen LogP contribution in [0.2, 0.25) is 5.02 Å². The second-order valence-corrected chi connectivity index (χ2v) is 8.92. The molecule has 0 spiro atoms. The number of hydrogen-bond acceptors (Lipinski definition) is 5. The van der Waals surface area contributed by atoms with E-state index in [0.29, 0.717) is 23.0 Å². The maximum atomic E-state index is 12.5. The molecular formula is C26H34ClN3O4. The Morgan fingerprint density at radius 2 is 1.94 bits per heavy atom. The minimum atomic E-state index is -0.248. The van der Waals surface area contributed by atoms with Crippen molar-refractivity contribution < 1.29 is 19.1 Å². The Hall–Kier alpha value is -2.93. The van der Waals surface area contributed by atoms with Crippen molar-refractivity contribution in [3.63, 3.8) is 0 Å². The Labute approximate surface area is 207 Å². The van der Waals surface area contributed by atoms with E-state index in [0.717, 1.165) is 50.2 Å². The van der Waals surface area contributed by atoms with E-state index in [-0.39, 0.29) is 24.5 Å². The number of methoxy groups -OCH3 is 1. The van der Waals surface area contributed by atoms with Gasteiger partial charge in [0.1, 0.15) is 17.6 Å². The predicted octanol–water partition coefficient (Wildman–Crippen LogP) is 4.98. The molecule has 7 nitrogen and oxygen atoms in total. The number of hydrogen-bond donors (Lipinski definition) is 1. The molecule has 0 radical (unpaired) electrons. The summed E-state index contributed by atoms with van der Waals surface area (Å²) < 4.78 is 11.4. The first kappa shape index (κ1) is 25.7. The fourth-order valence-corrected chi connectivity index (χ4v) is 4.21. The summed E-state index contributed by atoms with van der Waals surface area (Å²) in [6.07, 6.45) is 3.89. The van der Waals surface area contributed by atoms with E-state index in [1.54, 1.807) is 30.2 Å². The molecule has 2 amide bonds. The molecule has 1 saturated heterocycles. The van der Waals surface area contributed by atoms with Crippen LogP contribution >= 0.6 is 11.6 Å². The van der Waals surface area contributed by atoms with Crippen LogP contribution < -0.4 is 19.7 Å². The molecule has 0 aliphatic carbocycles. The highest BCUT2D eigenvalue weighted by Crippen LogP contribution is 2.31. The maximum absolute atomic E-state index is 12.5. The molecule has 2 aromatic carbocycles. The number of ether oxygens (including phenoxy) is 2. The summed E-state index contributed by atoms with van der Waals surface area (Å²) in [4.78, 5) is 28.1. The third kappa shape index (κ3) is 7.29. The highest BCUT2D eigenvalue weighted by molar-refractivity contribution is 6.32. The summed E-state index contributed by atoms with van der Waals surface area (Å²) in [5.74, 6) is 1.07. The van der Waals surface area contributed by atoms with Gasteiger partial charge in [-0.15, -0.1) is 0 Å². The van der Waals surface area contributed by atoms with Gasteiger partial charge in [-0.25, -0.2) is 0 Å². The largest absolute Gasteiger partial charge is 0.497 e. The van der Waals surface area contributed by atoms with Gasteiger partial charge < -0.3 is 24.6 Å². The first-order chi connectivity index (χ1) is 16.4. The van der Waals surface area contributed by atoms with Gasteiger partial charge in [0.2, 0.25) is 11.8 Å². The number of anilines is 2. The summed E-state index contributed by atoms with van der Waals surface area (Å²) in [5, 5.41) is 3.26. The molecule has 0 unspecified atom stereocenters. The smallest absolute Gasteiger partial charge is 0.243 e. The van der Waals surface area contributed by atoms with Gasteiger partial charge in [-0.2, -0.15) is 0 Å². The van der Waals surface area contributed by atoms with E-state index in [1.165, 1.54) is 6.92 Å². The number of halogens is 1. The maximum Gasteiger partial charge on any atom is 0.243 e. The Kier molecular flexibility index (Phi) is 9.45. The zero-order chi connectivity index (χ0) is 24.5. The SMILES string of the molecule is CCCCCN(CC(=O)Nc1ccc(O[C@H]2CCN(c3ccc(OC)cc3)C2)c(Cl)c1)C(C)=O. The van der Waals surface area contributed by atoms with Crippen molar-refractivity contribution in [2.24, 2.45) is 0 Å². The molecule has 184 valence electrons. The van der Waals surface area contributed by atoms with Gasteiger partial charge in [0.25, 0.3) is 0 Å². The molecule has 1 N–H and O–H groups in total. The van der Waals surface area contributed by atoms with Crippen LogP contribution in [-0.2, 0) is 9.59 Å². The topological polar surface area (TPSA) is 71.1 Å². The standard InChI is InChI=1S/C26H34ClN3O4/c1-4-5-6-14-29(19(2)31)18-26(32)28-20-7-12-25(24(27)16-20)34-23-13-15-30(17-23)21-8-10-22(33-3)11-9-21/h7-12,16,23H,4-6,13-15,17-18H2,1-3H3,(H,28,32)/t23-/m0/s1. The minimum Gasteiger partial charge on any atom is -0.497 e. The second kappa shape index (κ2) is 12.5. The molecule has 1 heterocycles. The number of nitrogens with zero attached hydrogens (tertiary/aromatic N) is 2. The molecule has 1 aliphatic heterocycles. The van der Waals surface area contributed by atoms with Crippen molar-refractivity contribution in [3.05, 3.63) is 47.5 Å². The fourth-order valence-electron chi connectivity index (χ4n) is 3.98. The molecule has 34 heavy (non-hydrogen) atoms. The molecule has 1 atom stereocenters. The van der Waals surface area contributed by atoms with Crippen molar-refractivity contribution >= 4 is 34.8 Å². The summed E-state index contributed by atoms with van der Waals surface area (Å²) >= 11 is 6.45. The van der Waals surface area contributed by atoms with Crippen LogP contribution in [0.25, 0.3) is 0 Å². The van der Waals surface area contributed by atoms with Gasteiger partial charge in [-0.05, 0) is 48.9 Å². The average molecular weight is 488 g/mol. The first-order valence-electron chi connectivity index (χ1n) is 11.8. The van der Waals surface area contributed by atoms with E-state index >= 15 is 0 Å². The monoisotopic (exact) mass is 487 g/mol. The second-order valence-electron chi connectivity index (χ2n) is 8.51. The molecule has 1 aliphatic rings. The summed E-state index contributed by atoms with van der Waals surface area (Å²) in [6.45, 7) is 5.86. The highest BCUT2D eigenvalue weighted by atomic mass is 35.5. The molecule has 3 rings (SSSR count). The number of nitrogens with one attached hydrogen (secondary N) is 1. The lowest BCUT2D eigenvalue weighted by atomic mass is 10.2. The Balaban J connectivity index is 1.52. The summed E-state index contributed by atoms with van der Waals surface area (Å²) in [5.41, 5.74) is 1.70. The van der Waals surface area contributed by atoms with E-state index in [9.17, 15) is 9.59 Å². The lowest BCUT2D eigenvalue weighted by molar-refractivity contribution is -0.132. The molecule has 0 saturated carbocycles. The van der Waals surface area contributed by atoms with E-state index in [2.05, 4.69) is 17.1 Å². The van der Waals surface area contributed by atoms with E-state index < -0.39 is 0 Å². The highest BCUT2D eigenvalue weighted by Gasteiger charge is 2.25. The van der Waals surface area contributed by atoms with E-state index in [1.807, 2.05) is 24.3 Å². The molecule has 1 fully saturated rings. The van der Waals surface area contributed by atoms with Crippen molar-refractivity contribution in [2.75, 3.05) is 43.5 Å². The Morgan fingerprint density at radius 1 is 1.18 bits per heavy atom. The minimum absolute atomic E-state index is 0.0206. The van der Waals surface area contributed by atoms with Crippen LogP contribution in [0.15, 0.2) is 42.5 Å². The fraction of sp³-hybridized carbons (Fsp3) is 0.462. The average Bonchev–Trinajstić information content (AvgIpc) is 3.29. The van der Waals surface area contributed by atoms with Gasteiger partial charge in [0.15, 0.2) is 0 Å². The van der Waals surface area contributed by atoms with Crippen molar-refractivity contribution in [2.45, 2.75) is 45.6 Å². The third-order valence-corrected chi connectivity index (χ3v) is 6.20. The van der Waals surface area contributed by atoms with Gasteiger partial charge in [-0.1, -0.05) is 31.4 Å². The zero-order valence-electron chi connectivity index (χ0n) is 20.2. The van der Waals surface area contributed by atoms with Crippen molar-refractivity contribution in [1.29, 1.82) is 0 Å². The molecule has 2 aromatic rings. The summed E-state index contributed by atoms with van der Waals surface area (Å²) in [7, 11) is 1.66. The summed E-state index contributed by atoms with van der Waals surface area (Å²) in [6, 6.07) is 13.2. The molecule has 0 aromatic heterocycles. The van der Waals surface area contributed by atoms with Gasteiger partial charge in [0.05, 0.1) is 25.2 Å². The van der Waals surface area contributed by atoms with Crippen LogP contribution in [0.5, 0.6) is 11.5 Å². The molecule has 8 heteroatoms. The van der Waals surface area contributed by atoms with Crippen LogP contribution in [0.4, 0.5) is 11.4 Å². The van der Waals surface area contributed by atoms with Crippen molar-refractivity contribution in [1.82, 2.24) is 4.90 Å². The molecule has 0 bridgehead atoms. The van der Waals surface area contributed by atoms with Gasteiger partial charge in [0, 0.05) is 37.8 Å². The van der Waals surface area contributed by atoms with Crippen molar-refractivity contribution in [3.8, 4) is 11.5 Å². The van der Waals surface area contributed by atoms with Crippen LogP contribution in [0, 0.1) is 0 Å². The zero-order valence-corrected chi connectivity index (χ0v) is 20.9. The number of unbranched alkanes of at least 4 members (excludes halogenated alkanes) is 2. The lowest BCUT2D eigenvalue weighted by Gasteiger charge is -2.21. The van der Waals surface area contributed by atoms with Crippen LogP contribution in [0.3, 0.4) is 0 Å². The number of rotatable bonds is 11. The number of benzene rings is 2. The lowest BCUT2D eigenvalue weighted by Crippen LogP contribution is -2.37. The predicted molar refractivity (Wildman–Crippen MR) is 136 cm³/mol. The Morgan fingerprint density at radius 3 is 2.59 bits per heavy atom. The first-order valence-corrected chi connectivity index (χ1v) is 12.2. The number of carbonyl (C=O) groups is 2. The quantitative estimate of drug-likeness (QED) is 0.452. The normalized spacial score (nSPS) is 15.2. The Bertz CT molecular complexity index is 967. The van der Waals surface area contributed by atoms with Gasteiger partial charge in [-0.3, -0.25) is 9.59 Å². The number of carbonyl (C=O) groups excluding carboxylic acids is 2. The van der Waals surface area contributed by atoms with Crippen LogP contribution in [-0.4, -0.2) is 56.1 Å². The van der Waals surface area contributed by atoms with E-state index in [4.69, 9.17) is 21.1 Å². The van der Waals surface area contributed by atoms with Gasteiger partial charge >= 0.3 is 0 Å². The number of amides is 2. The molecular weight excluding hydrogens is 454 g/mol. The van der Waals surface area contributed by atoms with Crippen LogP contribution in [0.1, 0.15) is 39.5 Å². The third-order valence-electron chi connectivity index (χ3n) is 5.90.